The van der Waals surface area contributed by atoms with Crippen molar-refractivity contribution < 1.29 is 4.74 Å². The molecule has 0 radical (unpaired) electrons. The molecule has 2 aliphatic rings. The Hall–Kier alpha value is -2.01. The van der Waals surface area contributed by atoms with Crippen molar-refractivity contribution in [1.29, 1.82) is 0 Å². The lowest BCUT2D eigenvalue weighted by Crippen LogP contribution is -2.35. The molecule has 124 valence electrons. The summed E-state index contributed by atoms with van der Waals surface area (Å²) in [5.41, 5.74) is 8.62. The zero-order valence-electron chi connectivity index (χ0n) is 13.3. The number of hydrogen-bond acceptors (Lipinski definition) is 2. The first-order valence-corrected chi connectivity index (χ1v) is 9.07. The van der Waals surface area contributed by atoms with Crippen molar-refractivity contribution in [2.45, 2.75) is 30.8 Å². The van der Waals surface area contributed by atoms with E-state index in [2.05, 4.69) is 51.6 Å². The first-order chi connectivity index (χ1) is 11.7. The standard InChI is InChI=1S/C19H20BrN3O/c20-13-7-5-12(6-8-13)15-11-17(15)23-19(21)22-16-9-10-24-18-4-2-1-3-14(16)18/h1-8,15-17H,9-11H2,(H3,21,22,23). The quantitative estimate of drug-likeness (QED) is 0.624. The molecule has 24 heavy (non-hydrogen) atoms. The van der Waals surface area contributed by atoms with Crippen LogP contribution in [-0.4, -0.2) is 18.6 Å². The van der Waals surface area contributed by atoms with Crippen LogP contribution in [0.4, 0.5) is 0 Å². The number of ether oxygens (including phenoxy) is 1. The van der Waals surface area contributed by atoms with Crippen molar-refractivity contribution in [2.75, 3.05) is 6.61 Å². The number of guanidine groups is 1. The number of halogens is 1. The Morgan fingerprint density at radius 2 is 1.96 bits per heavy atom. The molecule has 3 N–H and O–H groups in total. The van der Waals surface area contributed by atoms with E-state index < -0.39 is 0 Å². The fourth-order valence-corrected chi connectivity index (χ4v) is 3.55. The van der Waals surface area contributed by atoms with Gasteiger partial charge >= 0.3 is 0 Å². The second kappa shape index (κ2) is 6.48. The van der Waals surface area contributed by atoms with Crippen LogP contribution in [0.15, 0.2) is 58.0 Å². The minimum Gasteiger partial charge on any atom is -0.493 e. The second-order valence-electron chi connectivity index (χ2n) is 6.35. The number of rotatable bonds is 3. The highest BCUT2D eigenvalue weighted by Crippen LogP contribution is 2.41. The molecule has 0 aromatic heterocycles. The molecule has 3 atom stereocenters. The minimum absolute atomic E-state index is 0.0762. The van der Waals surface area contributed by atoms with Crippen LogP contribution < -0.4 is 15.8 Å². The van der Waals surface area contributed by atoms with Gasteiger partial charge in [0.2, 0.25) is 0 Å². The van der Waals surface area contributed by atoms with Crippen molar-refractivity contribution in [3.05, 3.63) is 64.1 Å². The summed E-state index contributed by atoms with van der Waals surface area (Å²) in [6.45, 7) is 0.684. The Bertz CT molecular complexity index is 759. The largest absolute Gasteiger partial charge is 0.493 e. The van der Waals surface area contributed by atoms with E-state index in [0.717, 1.165) is 28.6 Å². The Morgan fingerprint density at radius 3 is 2.79 bits per heavy atom. The smallest absolute Gasteiger partial charge is 0.189 e. The molecular formula is C19H20BrN3O. The predicted molar refractivity (Wildman–Crippen MR) is 99.3 cm³/mol. The average Bonchev–Trinajstić information content (AvgIpc) is 3.35. The number of benzene rings is 2. The maximum Gasteiger partial charge on any atom is 0.189 e. The fraction of sp³-hybridized carbons (Fsp3) is 0.316. The molecule has 0 amide bonds. The number of hydrogen-bond donors (Lipinski definition) is 2. The average molecular weight is 386 g/mol. The summed E-state index contributed by atoms with van der Waals surface area (Å²) in [5.74, 6) is 1.97. The maximum atomic E-state index is 6.16. The monoisotopic (exact) mass is 385 g/mol. The highest BCUT2D eigenvalue weighted by molar-refractivity contribution is 9.10. The minimum atomic E-state index is 0.0762. The third-order valence-electron chi connectivity index (χ3n) is 4.64. The van der Waals surface area contributed by atoms with Gasteiger partial charge in [-0.25, -0.2) is 4.99 Å². The zero-order valence-corrected chi connectivity index (χ0v) is 14.9. The first-order valence-electron chi connectivity index (χ1n) is 8.28. The van der Waals surface area contributed by atoms with Crippen LogP contribution >= 0.6 is 15.9 Å². The van der Waals surface area contributed by atoms with E-state index in [1.54, 1.807) is 0 Å². The van der Waals surface area contributed by atoms with Crippen molar-refractivity contribution in [3.8, 4) is 5.75 Å². The molecule has 1 heterocycles. The molecule has 2 aromatic carbocycles. The van der Waals surface area contributed by atoms with Gasteiger partial charge in [0, 0.05) is 28.4 Å². The lowest BCUT2D eigenvalue weighted by Gasteiger charge is -2.23. The van der Waals surface area contributed by atoms with E-state index >= 15 is 0 Å². The third kappa shape index (κ3) is 3.26. The molecule has 1 fully saturated rings. The molecule has 1 saturated carbocycles. The van der Waals surface area contributed by atoms with Gasteiger partial charge in [-0.1, -0.05) is 46.3 Å². The second-order valence-corrected chi connectivity index (χ2v) is 7.27. The van der Waals surface area contributed by atoms with Crippen LogP contribution in [0.5, 0.6) is 5.75 Å². The lowest BCUT2D eigenvalue weighted by atomic mass is 10.0. The summed E-state index contributed by atoms with van der Waals surface area (Å²) < 4.78 is 6.79. The molecular weight excluding hydrogens is 366 g/mol. The molecule has 4 nitrogen and oxygen atoms in total. The summed E-state index contributed by atoms with van der Waals surface area (Å²) in [7, 11) is 0. The summed E-state index contributed by atoms with van der Waals surface area (Å²) in [6, 6.07) is 17.0. The van der Waals surface area contributed by atoms with Gasteiger partial charge in [0.25, 0.3) is 0 Å². The van der Waals surface area contributed by atoms with Gasteiger partial charge < -0.3 is 15.8 Å². The molecule has 5 heteroatoms. The van der Waals surface area contributed by atoms with Gasteiger partial charge in [0.1, 0.15) is 5.75 Å². The van der Waals surface area contributed by atoms with Crippen LogP contribution in [-0.2, 0) is 0 Å². The van der Waals surface area contributed by atoms with Gasteiger partial charge in [-0.3, -0.25) is 0 Å². The van der Waals surface area contributed by atoms with Crippen LogP contribution in [0.2, 0.25) is 0 Å². The molecule has 1 aliphatic carbocycles. The summed E-state index contributed by atoms with van der Waals surface area (Å²) >= 11 is 3.47. The SMILES string of the molecule is NC(=NC1CCOc2ccccc21)NC1CC1c1ccc(Br)cc1. The topological polar surface area (TPSA) is 59.6 Å². The molecule has 0 saturated heterocycles. The van der Waals surface area contributed by atoms with Gasteiger partial charge in [-0.2, -0.15) is 0 Å². The number of aliphatic imine (C=N–C) groups is 1. The summed E-state index contributed by atoms with van der Waals surface area (Å²) in [6.07, 6.45) is 1.96. The fourth-order valence-electron chi connectivity index (χ4n) is 3.29. The van der Waals surface area contributed by atoms with Crippen molar-refractivity contribution in [2.24, 2.45) is 10.7 Å². The first kappa shape index (κ1) is 15.5. The van der Waals surface area contributed by atoms with E-state index in [1.807, 2.05) is 18.2 Å². The molecule has 3 unspecified atom stereocenters. The van der Waals surface area contributed by atoms with Crippen LogP contribution in [0.3, 0.4) is 0 Å². The van der Waals surface area contributed by atoms with E-state index in [1.165, 1.54) is 5.56 Å². The number of nitrogens with zero attached hydrogens (tertiary/aromatic N) is 1. The van der Waals surface area contributed by atoms with Crippen LogP contribution in [0, 0.1) is 0 Å². The van der Waals surface area contributed by atoms with E-state index in [4.69, 9.17) is 15.5 Å². The summed E-state index contributed by atoms with van der Waals surface area (Å²) in [4.78, 5) is 4.70. The van der Waals surface area contributed by atoms with Crippen LogP contribution in [0.1, 0.15) is 35.9 Å². The highest BCUT2D eigenvalue weighted by atomic mass is 79.9. The van der Waals surface area contributed by atoms with E-state index in [0.29, 0.717) is 24.5 Å². The highest BCUT2D eigenvalue weighted by Gasteiger charge is 2.38. The van der Waals surface area contributed by atoms with Gasteiger partial charge in [-0.15, -0.1) is 0 Å². The number of nitrogens with one attached hydrogen (secondary N) is 1. The lowest BCUT2D eigenvalue weighted by molar-refractivity contribution is 0.269. The Kier molecular flexibility index (Phi) is 4.19. The Labute approximate surface area is 150 Å². The molecule has 0 spiro atoms. The molecule has 0 bridgehead atoms. The predicted octanol–water partition coefficient (Wildman–Crippen LogP) is 3.73. The number of nitrogens with two attached hydrogens (primary N) is 1. The van der Waals surface area contributed by atoms with E-state index in [9.17, 15) is 0 Å². The molecule has 2 aromatic rings. The summed E-state index contributed by atoms with van der Waals surface area (Å²) in [5, 5.41) is 3.37. The van der Waals surface area contributed by atoms with Gasteiger partial charge in [0.15, 0.2) is 5.96 Å². The van der Waals surface area contributed by atoms with Gasteiger partial charge in [0.05, 0.1) is 12.6 Å². The molecule has 1 aliphatic heterocycles. The zero-order chi connectivity index (χ0) is 16.5. The third-order valence-corrected chi connectivity index (χ3v) is 5.17. The van der Waals surface area contributed by atoms with E-state index in [-0.39, 0.29) is 6.04 Å². The van der Waals surface area contributed by atoms with Crippen molar-refractivity contribution >= 4 is 21.9 Å². The number of fused-ring (bicyclic) bond motifs is 1. The number of para-hydroxylation sites is 1. The Balaban J connectivity index is 1.41. The molecule has 4 rings (SSSR count). The van der Waals surface area contributed by atoms with Gasteiger partial charge in [-0.05, 0) is 30.2 Å². The normalized spacial score (nSPS) is 25.5. The van der Waals surface area contributed by atoms with Crippen molar-refractivity contribution in [3.63, 3.8) is 0 Å². The van der Waals surface area contributed by atoms with Crippen molar-refractivity contribution in [1.82, 2.24) is 5.32 Å². The maximum absolute atomic E-state index is 6.16. The Morgan fingerprint density at radius 1 is 1.17 bits per heavy atom. The van der Waals surface area contributed by atoms with Crippen LogP contribution in [0.25, 0.3) is 0 Å².